The number of hydrogen-bond acceptors (Lipinski definition) is 4. The average molecular weight is 443 g/mol. The molecule has 3 rings (SSSR count). The van der Waals surface area contributed by atoms with Gasteiger partial charge in [0.05, 0.1) is 6.61 Å². The summed E-state index contributed by atoms with van der Waals surface area (Å²) >= 11 is 6.09. The van der Waals surface area contributed by atoms with Gasteiger partial charge in [0, 0.05) is 48.9 Å². The van der Waals surface area contributed by atoms with Gasteiger partial charge in [0.1, 0.15) is 5.82 Å². The Bertz CT molecular complexity index is 870. The Morgan fingerprint density at radius 2 is 1.87 bits per heavy atom. The van der Waals surface area contributed by atoms with E-state index in [0.29, 0.717) is 48.9 Å². The normalized spacial score (nSPS) is 14.8. The van der Waals surface area contributed by atoms with Crippen molar-refractivity contribution in [3.8, 4) is 11.5 Å². The van der Waals surface area contributed by atoms with E-state index in [9.17, 15) is 18.0 Å². The number of alkyl halides is 2. The van der Waals surface area contributed by atoms with Crippen molar-refractivity contribution in [1.29, 1.82) is 0 Å². The summed E-state index contributed by atoms with van der Waals surface area (Å²) in [4.78, 5) is 16.5. The van der Waals surface area contributed by atoms with Crippen LogP contribution in [0, 0.1) is 5.82 Å². The van der Waals surface area contributed by atoms with Crippen LogP contribution in [0.25, 0.3) is 0 Å². The van der Waals surface area contributed by atoms with Gasteiger partial charge in [-0.05, 0) is 37.3 Å². The van der Waals surface area contributed by atoms with Crippen LogP contribution in [-0.4, -0.2) is 55.1 Å². The summed E-state index contributed by atoms with van der Waals surface area (Å²) in [5, 5.41) is 0.378. The molecule has 0 aromatic heterocycles. The molecule has 5 nitrogen and oxygen atoms in total. The maximum Gasteiger partial charge on any atom is 0.387 e. The number of ether oxygens (including phenoxy) is 2. The molecule has 1 heterocycles. The Kier molecular flexibility index (Phi) is 7.44. The molecule has 0 bridgehead atoms. The van der Waals surface area contributed by atoms with Gasteiger partial charge in [0.25, 0.3) is 5.91 Å². The van der Waals surface area contributed by atoms with E-state index in [-0.39, 0.29) is 29.8 Å². The highest BCUT2D eigenvalue weighted by atomic mass is 35.5. The van der Waals surface area contributed by atoms with E-state index in [4.69, 9.17) is 16.3 Å². The van der Waals surface area contributed by atoms with Crippen LogP contribution in [-0.2, 0) is 6.54 Å². The fourth-order valence-electron chi connectivity index (χ4n) is 3.30. The standard InChI is InChI=1S/C21H22ClF3N2O3/c1-2-29-19-12-14(6-7-18(19)30-21(24)25)20(28)27-10-8-26(9-11-27)13-15-16(22)4-3-5-17(15)23/h3-7,12,21H,2,8-11,13H2,1H3. The fraction of sp³-hybridized carbons (Fsp3) is 0.381. The molecular weight excluding hydrogens is 421 g/mol. The van der Waals surface area contributed by atoms with Crippen LogP contribution in [0.5, 0.6) is 11.5 Å². The van der Waals surface area contributed by atoms with E-state index in [1.165, 1.54) is 24.3 Å². The Morgan fingerprint density at radius 3 is 2.50 bits per heavy atom. The highest BCUT2D eigenvalue weighted by Crippen LogP contribution is 2.30. The summed E-state index contributed by atoms with van der Waals surface area (Å²) in [6.07, 6.45) is 0. The largest absolute Gasteiger partial charge is 0.490 e. The molecule has 0 aliphatic carbocycles. The highest BCUT2D eigenvalue weighted by molar-refractivity contribution is 6.31. The number of benzene rings is 2. The van der Waals surface area contributed by atoms with Crippen molar-refractivity contribution in [2.24, 2.45) is 0 Å². The van der Waals surface area contributed by atoms with E-state index in [2.05, 4.69) is 4.74 Å². The van der Waals surface area contributed by atoms with Crippen molar-refractivity contribution in [1.82, 2.24) is 9.80 Å². The molecule has 0 N–H and O–H groups in total. The first kappa shape index (κ1) is 22.2. The summed E-state index contributed by atoms with van der Waals surface area (Å²) in [6, 6.07) is 8.74. The Hall–Kier alpha value is -2.45. The van der Waals surface area contributed by atoms with Crippen molar-refractivity contribution in [2.45, 2.75) is 20.1 Å². The number of hydrogen-bond donors (Lipinski definition) is 0. The quantitative estimate of drug-likeness (QED) is 0.636. The second kappa shape index (κ2) is 10.0. The zero-order valence-electron chi connectivity index (χ0n) is 16.4. The number of amides is 1. The molecule has 0 spiro atoms. The molecule has 30 heavy (non-hydrogen) atoms. The van der Waals surface area contributed by atoms with Crippen molar-refractivity contribution >= 4 is 17.5 Å². The van der Waals surface area contributed by atoms with E-state index in [0.717, 1.165) is 0 Å². The molecule has 0 atom stereocenters. The lowest BCUT2D eigenvalue weighted by Crippen LogP contribution is -2.48. The molecule has 2 aromatic rings. The average Bonchev–Trinajstić information content (AvgIpc) is 2.72. The fourth-order valence-corrected chi connectivity index (χ4v) is 3.52. The van der Waals surface area contributed by atoms with Crippen molar-refractivity contribution in [3.63, 3.8) is 0 Å². The van der Waals surface area contributed by atoms with Crippen molar-refractivity contribution < 1.29 is 27.4 Å². The summed E-state index contributed by atoms with van der Waals surface area (Å²) in [7, 11) is 0. The second-order valence-electron chi connectivity index (χ2n) is 6.74. The van der Waals surface area contributed by atoms with E-state index < -0.39 is 6.61 Å². The van der Waals surface area contributed by atoms with Gasteiger partial charge in [-0.3, -0.25) is 9.69 Å². The first-order valence-corrected chi connectivity index (χ1v) is 9.93. The van der Waals surface area contributed by atoms with Crippen LogP contribution in [0.4, 0.5) is 13.2 Å². The number of piperazine rings is 1. The van der Waals surface area contributed by atoms with Gasteiger partial charge in [0.2, 0.25) is 0 Å². The summed E-state index contributed by atoms with van der Waals surface area (Å²) in [6.45, 7) is 1.34. The van der Waals surface area contributed by atoms with Crippen LogP contribution in [0.3, 0.4) is 0 Å². The molecule has 9 heteroatoms. The molecule has 1 amide bonds. The minimum atomic E-state index is -2.98. The molecule has 0 radical (unpaired) electrons. The summed E-state index contributed by atoms with van der Waals surface area (Å²) in [5.41, 5.74) is 0.764. The Labute approximate surface area is 177 Å². The molecule has 162 valence electrons. The topological polar surface area (TPSA) is 42.0 Å². The number of nitrogens with zero attached hydrogens (tertiary/aromatic N) is 2. The van der Waals surface area contributed by atoms with Crippen LogP contribution in [0.15, 0.2) is 36.4 Å². The van der Waals surface area contributed by atoms with Crippen LogP contribution < -0.4 is 9.47 Å². The van der Waals surface area contributed by atoms with E-state index in [1.54, 1.807) is 24.0 Å². The van der Waals surface area contributed by atoms with E-state index >= 15 is 0 Å². The SMILES string of the molecule is CCOc1cc(C(=O)N2CCN(Cc3c(F)cccc3Cl)CC2)ccc1OC(F)F. The first-order valence-electron chi connectivity index (χ1n) is 9.55. The molecule has 1 saturated heterocycles. The van der Waals surface area contributed by atoms with Gasteiger partial charge in [-0.2, -0.15) is 8.78 Å². The zero-order valence-corrected chi connectivity index (χ0v) is 17.2. The third-order valence-electron chi connectivity index (χ3n) is 4.81. The molecular formula is C21H22ClF3N2O3. The molecule has 1 fully saturated rings. The third kappa shape index (κ3) is 5.37. The Morgan fingerprint density at radius 1 is 1.13 bits per heavy atom. The lowest BCUT2D eigenvalue weighted by molar-refractivity contribution is -0.0514. The first-order chi connectivity index (χ1) is 14.4. The van der Waals surface area contributed by atoms with Crippen LogP contribution >= 0.6 is 11.6 Å². The number of carbonyl (C=O) groups is 1. The maximum atomic E-state index is 14.0. The smallest absolute Gasteiger partial charge is 0.387 e. The van der Waals surface area contributed by atoms with E-state index in [1.807, 2.05) is 4.90 Å². The molecule has 0 unspecified atom stereocenters. The van der Waals surface area contributed by atoms with Gasteiger partial charge in [-0.25, -0.2) is 4.39 Å². The van der Waals surface area contributed by atoms with Gasteiger partial charge in [-0.15, -0.1) is 0 Å². The number of rotatable bonds is 7. The monoisotopic (exact) mass is 442 g/mol. The predicted molar refractivity (Wildman–Crippen MR) is 107 cm³/mol. The van der Waals surface area contributed by atoms with Crippen LogP contribution in [0.2, 0.25) is 5.02 Å². The predicted octanol–water partition coefficient (Wildman–Crippen LogP) is 4.44. The Balaban J connectivity index is 1.64. The second-order valence-corrected chi connectivity index (χ2v) is 7.15. The van der Waals surface area contributed by atoms with Gasteiger partial charge >= 0.3 is 6.61 Å². The minimum Gasteiger partial charge on any atom is -0.490 e. The van der Waals surface area contributed by atoms with Crippen molar-refractivity contribution in [3.05, 3.63) is 58.4 Å². The number of carbonyl (C=O) groups excluding carboxylic acids is 1. The van der Waals surface area contributed by atoms with Crippen LogP contribution in [0.1, 0.15) is 22.8 Å². The molecule has 0 saturated carbocycles. The summed E-state index contributed by atoms with van der Waals surface area (Å²) < 4.78 is 48.9. The highest BCUT2D eigenvalue weighted by Gasteiger charge is 2.24. The number of halogens is 4. The van der Waals surface area contributed by atoms with Crippen molar-refractivity contribution in [2.75, 3.05) is 32.8 Å². The van der Waals surface area contributed by atoms with Gasteiger partial charge in [0.15, 0.2) is 11.5 Å². The molecule has 1 aliphatic heterocycles. The maximum absolute atomic E-state index is 14.0. The molecule has 1 aliphatic rings. The summed E-state index contributed by atoms with van der Waals surface area (Å²) in [5.74, 6) is -0.606. The van der Waals surface area contributed by atoms with Gasteiger partial charge in [-0.1, -0.05) is 17.7 Å². The minimum absolute atomic E-state index is 0.0940. The molecule has 2 aromatic carbocycles. The third-order valence-corrected chi connectivity index (χ3v) is 5.16. The lowest BCUT2D eigenvalue weighted by Gasteiger charge is -2.35. The zero-order chi connectivity index (χ0) is 21.7. The lowest BCUT2D eigenvalue weighted by atomic mass is 10.1. The van der Waals surface area contributed by atoms with Gasteiger partial charge < -0.3 is 14.4 Å².